The molecule has 42 nitrogen and oxygen atoms in total. The van der Waals surface area contributed by atoms with Crippen molar-refractivity contribution >= 4 is 76.1 Å². The number of aliphatic hydroxyl groups excluding tert-OH is 5. The number of fused-ring (bicyclic) bond motifs is 4. The Balaban J connectivity index is 0.573. The number of anilines is 4. The number of benzene rings is 4. The summed E-state index contributed by atoms with van der Waals surface area (Å²) in [7, 11) is 4.40. The molecule has 824 valence electrons. The molecule has 2 fully saturated rings. The van der Waals surface area contributed by atoms with E-state index in [-0.39, 0.29) is 177 Å². The van der Waals surface area contributed by atoms with E-state index >= 15 is 0 Å². The lowest BCUT2D eigenvalue weighted by molar-refractivity contribution is -0.137. The smallest absolute Gasteiger partial charge is 0.416 e. The van der Waals surface area contributed by atoms with Crippen molar-refractivity contribution in [2.45, 2.75) is 245 Å². The van der Waals surface area contributed by atoms with Gasteiger partial charge in [-0.2, -0.15) is 0 Å². The van der Waals surface area contributed by atoms with Gasteiger partial charge in [0.2, 0.25) is 41.9 Å². The first kappa shape index (κ1) is 119. The molecule has 1 aliphatic carbocycles. The van der Waals surface area contributed by atoms with E-state index < -0.39 is 85.3 Å². The molecule has 6 aliphatic rings. The van der Waals surface area contributed by atoms with Gasteiger partial charge in [-0.1, -0.05) is 102 Å². The molecule has 10 rings (SSSR count). The molecule has 9 amide bonds. The quantitative estimate of drug-likeness (QED) is 0.0147. The molecule has 0 spiro atoms. The highest BCUT2D eigenvalue weighted by Gasteiger charge is 2.48. The van der Waals surface area contributed by atoms with Gasteiger partial charge >= 0.3 is 6.09 Å². The Hall–Kier alpha value is -10.5. The van der Waals surface area contributed by atoms with Crippen molar-refractivity contribution < 1.29 is 144 Å². The van der Waals surface area contributed by atoms with Crippen LogP contribution in [-0.2, 0) is 98.8 Å². The molecule has 0 aromatic heterocycles. The Labute approximate surface area is 868 Å². The number of likely N-dealkylation sites (tertiary alicyclic amines) is 1. The number of ether oxygens (including phenoxy) is 16. The van der Waals surface area contributed by atoms with Crippen molar-refractivity contribution in [3.8, 4) is 23.0 Å². The van der Waals surface area contributed by atoms with Gasteiger partial charge in [0.25, 0.3) is 11.8 Å². The summed E-state index contributed by atoms with van der Waals surface area (Å²) >= 11 is 0. The van der Waals surface area contributed by atoms with Gasteiger partial charge in [0.15, 0.2) is 35.5 Å². The largest absolute Gasteiger partial charge is 0.493 e. The van der Waals surface area contributed by atoms with E-state index in [9.17, 15) is 68.7 Å². The maximum Gasteiger partial charge on any atom is 0.416 e. The average Bonchev–Trinajstić information content (AvgIpc) is 1.52. The molecular formula is C106H160N12O30. The summed E-state index contributed by atoms with van der Waals surface area (Å²) in [5.74, 6) is -2.05. The lowest BCUT2D eigenvalue weighted by Gasteiger charge is -2.36. The van der Waals surface area contributed by atoms with E-state index in [4.69, 9.17) is 75.8 Å². The fraction of sp³-hybridized carbons (Fsp3) is 0.651. The number of carbonyl (C=O) groups excluding carboxylic acids is 9. The number of amides is 9. The maximum atomic E-state index is 14.5. The molecule has 12 unspecified atom stereocenters. The van der Waals surface area contributed by atoms with E-state index in [1.165, 1.54) is 83.8 Å². The summed E-state index contributed by atoms with van der Waals surface area (Å²) in [5.41, 5.74) is 4.25. The highest BCUT2D eigenvalue weighted by Crippen LogP contribution is 2.46. The van der Waals surface area contributed by atoms with Crippen LogP contribution in [0.15, 0.2) is 96.3 Å². The average molecular weight is 2080 g/mol. The molecule has 4 aromatic rings. The van der Waals surface area contributed by atoms with Crippen molar-refractivity contribution in [1.29, 1.82) is 0 Å². The van der Waals surface area contributed by atoms with Gasteiger partial charge in [0.1, 0.15) is 25.1 Å². The third-order valence-electron chi connectivity index (χ3n) is 26.4. The van der Waals surface area contributed by atoms with E-state index in [0.29, 0.717) is 174 Å². The molecule has 42 heteroatoms. The standard InChI is InChI=1S/C106H160N12O30/c1-69(2)95(112-92(120)33-39-137-43-45-139-47-49-141-51-53-143-55-56-144-54-52-142-50-48-140-46-44-138-40-34-107-91(119)31-35-114-94(122)61-80(100(114)126)77-21-17-14-12-13-15-18-22-77)98(124)109-73(7)64-108-78-27-23-75(24-28-78)67-147-105(131)117-83-62-89(87(134-10)59-81(83)101(127)115-65-71(5)57-85(115)103(117)129)145-36-19-16-20-37-146-90-63-84-82(60-88(90)135-11)102(128)116-66-72(6)58-86(116)104(130)118(84)106(132)148-68-76-25-29-79(30-26-76)111-97(123)74(8)110-99(125)96(70(3)4)113-93(121)32-38-136-42-41-133-9/h23-30,59-60,62-63,65-66,69-70,73-74,77,80,85-86,94-96,99,103-105,108,110,122,125,129-131H,12-22,31-58,61,64,67-68H2,1-11H3,(H,107,119)(H,109,124)(H,111,123)(H,112,120)(H,113,121). The number of rotatable bonds is 67. The van der Waals surface area contributed by atoms with Crippen molar-refractivity contribution in [2.75, 3.05) is 200 Å². The van der Waals surface area contributed by atoms with Crippen molar-refractivity contribution in [2.24, 2.45) is 23.7 Å². The molecule has 148 heavy (non-hydrogen) atoms. The normalized spacial score (nSPS) is 19.2. The number of hydrogen-bond acceptors (Lipinski definition) is 33. The zero-order valence-electron chi connectivity index (χ0n) is 87.8. The highest BCUT2D eigenvalue weighted by molar-refractivity contribution is 6.07. The minimum Gasteiger partial charge on any atom is -0.493 e. The number of nitrogens with zero attached hydrogens (tertiary/aromatic N) is 5. The lowest BCUT2D eigenvalue weighted by Crippen LogP contribution is -2.56. The van der Waals surface area contributed by atoms with E-state index in [0.717, 1.165) is 47.4 Å². The van der Waals surface area contributed by atoms with E-state index in [1.807, 2.05) is 60.6 Å². The summed E-state index contributed by atoms with van der Waals surface area (Å²) in [6, 6.07) is 15.3. The Morgan fingerprint density at radius 2 is 0.966 bits per heavy atom. The van der Waals surface area contributed by atoms with Crippen molar-refractivity contribution in [3.63, 3.8) is 0 Å². The lowest BCUT2D eigenvalue weighted by atomic mass is 9.83. The summed E-state index contributed by atoms with van der Waals surface area (Å²) in [6.45, 7) is 21.8. The Bertz CT molecular complexity index is 4840. The molecule has 4 aromatic carbocycles. The summed E-state index contributed by atoms with van der Waals surface area (Å²) in [4.78, 5) is 128. The number of hydrogen-bond donors (Lipinski definition) is 12. The molecule has 1 saturated carbocycles. The van der Waals surface area contributed by atoms with Crippen LogP contribution in [-0.4, -0.2) is 341 Å². The molecule has 12 atom stereocenters. The van der Waals surface area contributed by atoms with E-state index in [2.05, 4.69) is 37.2 Å². The molecule has 5 aliphatic heterocycles. The van der Waals surface area contributed by atoms with Gasteiger partial charge in [-0.25, -0.2) is 9.69 Å². The second-order valence-electron chi connectivity index (χ2n) is 38.6. The molecule has 12 N–H and O–H groups in total. The summed E-state index contributed by atoms with van der Waals surface area (Å²) < 4.78 is 91.2. The first-order valence-electron chi connectivity index (χ1n) is 52.1. The summed E-state index contributed by atoms with van der Waals surface area (Å²) in [6.07, 6.45) is 7.50. The third-order valence-corrected chi connectivity index (χ3v) is 26.4. The highest BCUT2D eigenvalue weighted by atomic mass is 16.6. The zero-order valence-corrected chi connectivity index (χ0v) is 87.8. The third kappa shape index (κ3) is 37.6. The van der Waals surface area contributed by atoms with Crippen molar-refractivity contribution in [3.05, 3.63) is 119 Å². The van der Waals surface area contributed by atoms with Crippen LogP contribution in [0.3, 0.4) is 0 Å². The fourth-order valence-corrected chi connectivity index (χ4v) is 18.2. The molecule has 5 heterocycles. The van der Waals surface area contributed by atoms with Gasteiger partial charge in [-0.15, -0.1) is 0 Å². The van der Waals surface area contributed by atoms with Gasteiger partial charge < -0.3 is 148 Å². The topological polar surface area (TPSA) is 503 Å². The first-order chi connectivity index (χ1) is 71.5. The monoisotopic (exact) mass is 2080 g/mol. The van der Waals surface area contributed by atoms with Crippen LogP contribution in [0.1, 0.15) is 196 Å². The van der Waals surface area contributed by atoms with Crippen LogP contribution < -0.4 is 66.0 Å². The minimum absolute atomic E-state index is 0.0113. The van der Waals surface area contributed by atoms with Crippen LogP contribution in [0.2, 0.25) is 0 Å². The van der Waals surface area contributed by atoms with Crippen LogP contribution >= 0.6 is 0 Å². The van der Waals surface area contributed by atoms with Crippen LogP contribution in [0.4, 0.5) is 27.5 Å². The maximum absolute atomic E-state index is 14.5. The molecule has 0 bridgehead atoms. The van der Waals surface area contributed by atoms with Crippen LogP contribution in [0, 0.1) is 23.7 Å². The second-order valence-corrected chi connectivity index (χ2v) is 38.6. The van der Waals surface area contributed by atoms with Crippen LogP contribution in [0.5, 0.6) is 23.0 Å². The molecule has 0 radical (unpaired) electrons. The van der Waals surface area contributed by atoms with Gasteiger partial charge in [0.05, 0.1) is 206 Å². The SMILES string of the molecule is COCCOCCC(=O)NC(C(C)C)C(O)NC(C)C(=O)Nc1ccc(COC(=O)N2c3cc(OCCCCCOc4cc5c(cc4OC)C(=O)N4C=C(C)CC4C(O)N5C(O)OCc4ccc(NCC(C)NC(=O)C(NC(=O)CCOCCOCCOCCOCCOCCOCCOCCOCCNC(=O)CCN5C(=O)C(C6CCCCCCCC6)CC5O)C(C)C)cc4)c(OC)cc3C(=O)N3C=C(C)CC3C2O)cc1. The number of aliphatic hydroxyl groups is 5. The second kappa shape index (κ2) is 63.6. The van der Waals surface area contributed by atoms with Gasteiger partial charge in [-0.05, 0) is 138 Å². The minimum atomic E-state index is -1.78. The Kier molecular flexibility index (Phi) is 51.3. The first-order valence-corrected chi connectivity index (χ1v) is 52.1. The zero-order chi connectivity index (χ0) is 106. The predicted molar refractivity (Wildman–Crippen MR) is 548 cm³/mol. The number of nitrogens with one attached hydrogen (secondary N) is 7. The molecular weight excluding hydrogens is 1920 g/mol. The fourth-order valence-electron chi connectivity index (χ4n) is 18.2. The van der Waals surface area contributed by atoms with Crippen LogP contribution in [0.25, 0.3) is 0 Å². The van der Waals surface area contributed by atoms with Crippen molar-refractivity contribution in [1.82, 2.24) is 41.3 Å². The number of carbonyl (C=O) groups is 9. The van der Waals surface area contributed by atoms with Gasteiger partial charge in [-0.3, -0.25) is 48.6 Å². The van der Waals surface area contributed by atoms with Gasteiger partial charge in [0, 0.05) is 100 Å². The molecule has 1 saturated heterocycles. The Morgan fingerprint density at radius 1 is 0.486 bits per heavy atom. The summed E-state index contributed by atoms with van der Waals surface area (Å²) in [5, 5.41) is 78.6. The Morgan fingerprint density at radius 3 is 1.49 bits per heavy atom. The van der Waals surface area contributed by atoms with E-state index in [1.54, 1.807) is 62.8 Å². The predicted octanol–water partition coefficient (Wildman–Crippen LogP) is 8.11. The number of unbranched alkanes of at least 4 members (excludes halogenated alkanes) is 2. The number of methoxy groups -OCH3 is 3.